The van der Waals surface area contributed by atoms with Gasteiger partial charge in [-0.3, -0.25) is 0 Å². The van der Waals surface area contributed by atoms with Crippen molar-refractivity contribution in [2.75, 3.05) is 5.32 Å². The zero-order valence-corrected chi connectivity index (χ0v) is 11.3. The summed E-state index contributed by atoms with van der Waals surface area (Å²) in [5.41, 5.74) is 12.1. The molecule has 4 rings (SSSR count). The van der Waals surface area contributed by atoms with Gasteiger partial charge in [0.25, 0.3) is 0 Å². The third-order valence-corrected chi connectivity index (χ3v) is 3.85. The van der Waals surface area contributed by atoms with Gasteiger partial charge in [-0.1, -0.05) is 36.4 Å². The fourth-order valence-electron chi connectivity index (χ4n) is 2.92. The van der Waals surface area contributed by atoms with Crippen molar-refractivity contribution < 1.29 is 0 Å². The van der Waals surface area contributed by atoms with Gasteiger partial charge in [0.05, 0.1) is 6.04 Å². The lowest BCUT2D eigenvalue weighted by Gasteiger charge is -2.14. The van der Waals surface area contributed by atoms with E-state index in [1.165, 1.54) is 23.0 Å². The molecule has 0 amide bonds. The fraction of sp³-hybridized carbons (Fsp3) is 0.0588. The molecule has 3 N–H and O–H groups in total. The summed E-state index contributed by atoms with van der Waals surface area (Å²) >= 11 is 0. The van der Waals surface area contributed by atoms with Gasteiger partial charge < -0.3 is 11.1 Å². The van der Waals surface area contributed by atoms with Crippen LogP contribution >= 0.6 is 0 Å². The largest absolute Gasteiger partial charge is 0.340 e. The van der Waals surface area contributed by atoms with Crippen molar-refractivity contribution in [3.8, 4) is 11.1 Å². The SMILES string of the molecule is NC1c2ccccc2-c2cccc(Nc3ccncn3)c21. The highest BCUT2D eigenvalue weighted by Gasteiger charge is 2.27. The van der Waals surface area contributed by atoms with E-state index in [0.29, 0.717) is 0 Å². The van der Waals surface area contributed by atoms with Gasteiger partial charge in [0.1, 0.15) is 12.1 Å². The quantitative estimate of drug-likeness (QED) is 0.753. The van der Waals surface area contributed by atoms with Gasteiger partial charge >= 0.3 is 0 Å². The number of hydrogen-bond acceptors (Lipinski definition) is 4. The molecule has 1 aliphatic carbocycles. The topological polar surface area (TPSA) is 63.8 Å². The average Bonchev–Trinajstić information content (AvgIpc) is 2.83. The molecule has 4 nitrogen and oxygen atoms in total. The van der Waals surface area contributed by atoms with Crippen LogP contribution in [0.4, 0.5) is 11.5 Å². The third kappa shape index (κ3) is 1.88. The van der Waals surface area contributed by atoms with Gasteiger partial charge in [-0.05, 0) is 28.8 Å². The molecular weight excluding hydrogens is 260 g/mol. The van der Waals surface area contributed by atoms with E-state index in [2.05, 4.69) is 33.5 Å². The van der Waals surface area contributed by atoms with Crippen LogP contribution in [-0.2, 0) is 0 Å². The number of nitrogens with two attached hydrogens (primary N) is 1. The Morgan fingerprint density at radius 2 is 1.81 bits per heavy atom. The van der Waals surface area contributed by atoms with Crippen LogP contribution in [0.1, 0.15) is 17.2 Å². The average molecular weight is 274 g/mol. The second-order valence-electron chi connectivity index (χ2n) is 5.05. The monoisotopic (exact) mass is 274 g/mol. The summed E-state index contributed by atoms with van der Waals surface area (Å²) in [6.07, 6.45) is 3.24. The molecule has 0 fully saturated rings. The van der Waals surface area contributed by atoms with Gasteiger partial charge in [-0.25, -0.2) is 9.97 Å². The van der Waals surface area contributed by atoms with E-state index >= 15 is 0 Å². The Morgan fingerprint density at radius 3 is 2.67 bits per heavy atom. The maximum atomic E-state index is 6.44. The molecule has 1 atom stereocenters. The van der Waals surface area contributed by atoms with Gasteiger partial charge in [0.15, 0.2) is 0 Å². The molecule has 102 valence electrons. The number of fused-ring (bicyclic) bond motifs is 3. The highest BCUT2D eigenvalue weighted by atomic mass is 15.0. The lowest BCUT2D eigenvalue weighted by molar-refractivity contribution is 0.902. The number of rotatable bonds is 2. The number of nitrogens with zero attached hydrogens (tertiary/aromatic N) is 2. The molecule has 3 aromatic rings. The molecule has 0 radical (unpaired) electrons. The fourth-order valence-corrected chi connectivity index (χ4v) is 2.92. The molecule has 0 saturated heterocycles. The molecule has 1 aliphatic rings. The molecule has 1 aromatic heterocycles. The first-order valence-corrected chi connectivity index (χ1v) is 6.85. The summed E-state index contributed by atoms with van der Waals surface area (Å²) in [5.74, 6) is 0.765. The first-order chi connectivity index (χ1) is 10.3. The van der Waals surface area contributed by atoms with Gasteiger partial charge in [-0.15, -0.1) is 0 Å². The molecule has 1 unspecified atom stereocenters. The zero-order chi connectivity index (χ0) is 14.2. The Morgan fingerprint density at radius 1 is 0.952 bits per heavy atom. The maximum absolute atomic E-state index is 6.44. The minimum absolute atomic E-state index is 0.110. The van der Waals surface area contributed by atoms with E-state index < -0.39 is 0 Å². The Bertz CT molecular complexity index is 799. The molecule has 4 heteroatoms. The summed E-state index contributed by atoms with van der Waals surface area (Å²) in [7, 11) is 0. The van der Waals surface area contributed by atoms with Crippen molar-refractivity contribution in [3.63, 3.8) is 0 Å². The predicted octanol–water partition coefficient (Wildman–Crippen LogP) is 3.25. The Kier molecular flexibility index (Phi) is 2.69. The van der Waals surface area contributed by atoms with Crippen LogP contribution in [0.2, 0.25) is 0 Å². The molecule has 0 aliphatic heterocycles. The molecule has 2 aromatic carbocycles. The number of hydrogen-bond donors (Lipinski definition) is 2. The highest BCUT2D eigenvalue weighted by molar-refractivity contribution is 5.84. The van der Waals surface area contributed by atoms with Crippen LogP contribution in [0.3, 0.4) is 0 Å². The number of anilines is 2. The van der Waals surface area contributed by atoms with Gasteiger partial charge in [0.2, 0.25) is 0 Å². The second-order valence-corrected chi connectivity index (χ2v) is 5.05. The third-order valence-electron chi connectivity index (χ3n) is 3.85. The number of nitrogens with one attached hydrogen (secondary N) is 1. The summed E-state index contributed by atoms with van der Waals surface area (Å²) in [6, 6.07) is 16.2. The summed E-state index contributed by atoms with van der Waals surface area (Å²) in [6.45, 7) is 0. The maximum Gasteiger partial charge on any atom is 0.133 e. The van der Waals surface area contributed by atoms with Crippen LogP contribution in [0.5, 0.6) is 0 Å². The van der Waals surface area contributed by atoms with E-state index in [9.17, 15) is 0 Å². The first-order valence-electron chi connectivity index (χ1n) is 6.85. The molecule has 0 saturated carbocycles. The molecule has 21 heavy (non-hydrogen) atoms. The van der Waals surface area contributed by atoms with Crippen LogP contribution in [-0.4, -0.2) is 9.97 Å². The number of benzene rings is 2. The van der Waals surface area contributed by atoms with E-state index in [1.54, 1.807) is 6.20 Å². The minimum Gasteiger partial charge on any atom is -0.340 e. The molecule has 1 heterocycles. The Hall–Kier alpha value is -2.72. The van der Waals surface area contributed by atoms with E-state index in [-0.39, 0.29) is 6.04 Å². The van der Waals surface area contributed by atoms with Crippen molar-refractivity contribution in [2.24, 2.45) is 5.73 Å². The summed E-state index contributed by atoms with van der Waals surface area (Å²) in [5, 5.41) is 3.34. The standard InChI is InChI=1S/C17H14N4/c18-17-13-5-2-1-4-11(13)12-6-3-7-14(16(12)17)21-15-8-9-19-10-20-15/h1-10,17H,18H2,(H,19,20,21). The van der Waals surface area contributed by atoms with E-state index in [1.807, 2.05) is 30.3 Å². The molecular formula is C17H14N4. The predicted molar refractivity (Wildman–Crippen MR) is 83.2 cm³/mol. The van der Waals surface area contributed by atoms with Crippen molar-refractivity contribution in [3.05, 3.63) is 72.2 Å². The first kappa shape index (κ1) is 12.1. The smallest absolute Gasteiger partial charge is 0.133 e. The zero-order valence-electron chi connectivity index (χ0n) is 11.3. The summed E-state index contributed by atoms with van der Waals surface area (Å²) < 4.78 is 0. The number of aromatic nitrogens is 2. The van der Waals surface area contributed by atoms with E-state index in [4.69, 9.17) is 5.73 Å². The van der Waals surface area contributed by atoms with Crippen molar-refractivity contribution in [2.45, 2.75) is 6.04 Å². The Balaban J connectivity index is 1.83. The van der Waals surface area contributed by atoms with Gasteiger partial charge in [-0.2, -0.15) is 0 Å². The normalized spacial score (nSPS) is 15.4. The highest BCUT2D eigenvalue weighted by Crippen LogP contribution is 2.45. The lowest BCUT2D eigenvalue weighted by atomic mass is 10.0. The lowest BCUT2D eigenvalue weighted by Crippen LogP contribution is -2.10. The van der Waals surface area contributed by atoms with Crippen LogP contribution < -0.4 is 11.1 Å². The van der Waals surface area contributed by atoms with Crippen molar-refractivity contribution >= 4 is 11.5 Å². The van der Waals surface area contributed by atoms with Crippen LogP contribution in [0.15, 0.2) is 61.1 Å². The van der Waals surface area contributed by atoms with Crippen molar-refractivity contribution in [1.29, 1.82) is 0 Å². The van der Waals surface area contributed by atoms with Crippen LogP contribution in [0.25, 0.3) is 11.1 Å². The minimum atomic E-state index is -0.110. The van der Waals surface area contributed by atoms with Crippen LogP contribution in [0, 0.1) is 0 Å². The molecule has 0 spiro atoms. The summed E-state index contributed by atoms with van der Waals surface area (Å²) in [4.78, 5) is 8.14. The molecule has 0 bridgehead atoms. The second kappa shape index (κ2) is 4.68. The van der Waals surface area contributed by atoms with E-state index in [0.717, 1.165) is 17.1 Å². The van der Waals surface area contributed by atoms with Crippen molar-refractivity contribution in [1.82, 2.24) is 9.97 Å². The van der Waals surface area contributed by atoms with Gasteiger partial charge in [0, 0.05) is 17.4 Å². The Labute approximate surface area is 122 Å².